The molecule has 128 valence electrons. The number of amidine groups is 1. The molecule has 0 bridgehead atoms. The Hall–Kier alpha value is -0.380. The van der Waals surface area contributed by atoms with Crippen LogP contribution in [0.4, 0.5) is 5.69 Å². The zero-order valence-corrected chi connectivity index (χ0v) is 16.7. The average molecular weight is 373 g/mol. The van der Waals surface area contributed by atoms with Crippen LogP contribution in [0.25, 0.3) is 0 Å². The highest BCUT2D eigenvalue weighted by molar-refractivity contribution is 8.14. The lowest BCUT2D eigenvalue weighted by Gasteiger charge is -2.34. The molecule has 0 radical (unpaired) electrons. The van der Waals surface area contributed by atoms with E-state index in [1.54, 1.807) is 6.07 Å². The number of thioether (sulfide) groups is 1. The molecule has 1 heterocycles. The first kappa shape index (κ1) is 19.0. The molecule has 1 aliphatic heterocycles. The third-order valence-electron chi connectivity index (χ3n) is 4.25. The highest BCUT2D eigenvalue weighted by atomic mass is 35.5. The molecule has 0 spiro atoms. The number of aliphatic imine (C=N–C) groups is 1. The minimum Gasteiger partial charge on any atom is -0.344 e. The van der Waals surface area contributed by atoms with Gasteiger partial charge in [-0.05, 0) is 37.3 Å². The van der Waals surface area contributed by atoms with E-state index in [9.17, 15) is 0 Å². The molecule has 0 amide bonds. The fourth-order valence-electron chi connectivity index (χ4n) is 3.12. The maximum absolute atomic E-state index is 6.32. The van der Waals surface area contributed by atoms with Crippen LogP contribution in [0.5, 0.6) is 0 Å². The Morgan fingerprint density at radius 1 is 1.26 bits per heavy atom. The van der Waals surface area contributed by atoms with E-state index >= 15 is 0 Å². The Morgan fingerprint density at radius 3 is 2.57 bits per heavy atom. The zero-order chi connectivity index (χ0) is 17.0. The van der Waals surface area contributed by atoms with Gasteiger partial charge in [-0.3, -0.25) is 0 Å². The van der Waals surface area contributed by atoms with Gasteiger partial charge in [0.2, 0.25) is 0 Å². The number of hydrogen-bond acceptors (Lipinski definition) is 2. The van der Waals surface area contributed by atoms with Gasteiger partial charge in [-0.2, -0.15) is 0 Å². The molecular weight excluding hydrogens is 347 g/mol. The fraction of sp³-hybridized carbons (Fsp3) is 0.611. The van der Waals surface area contributed by atoms with Crippen molar-refractivity contribution in [3.63, 3.8) is 0 Å². The van der Waals surface area contributed by atoms with Crippen LogP contribution >= 0.6 is 35.0 Å². The Balaban J connectivity index is 2.35. The standard InChI is InChI=1S/C18H26Cl2N2S/c1-5-13(6-2)22-14(10-12(3)4)11-23-18(22)21-16-9-7-8-15(19)17(16)20/h7-9,12-14H,5-6,10-11H2,1-4H3. The molecule has 1 unspecified atom stereocenters. The molecule has 1 aromatic rings. The second kappa shape index (κ2) is 8.64. The third-order valence-corrected chi connectivity index (χ3v) is 6.17. The summed E-state index contributed by atoms with van der Waals surface area (Å²) < 4.78 is 0. The molecule has 1 atom stereocenters. The highest BCUT2D eigenvalue weighted by Gasteiger charge is 2.34. The fourth-order valence-corrected chi connectivity index (χ4v) is 4.70. The number of hydrogen-bond donors (Lipinski definition) is 0. The van der Waals surface area contributed by atoms with Crippen molar-refractivity contribution in [3.8, 4) is 0 Å². The van der Waals surface area contributed by atoms with E-state index < -0.39 is 0 Å². The molecule has 23 heavy (non-hydrogen) atoms. The first-order valence-corrected chi connectivity index (χ1v) is 10.2. The van der Waals surface area contributed by atoms with Crippen LogP contribution in [0.15, 0.2) is 23.2 Å². The normalized spacial score (nSPS) is 20.3. The monoisotopic (exact) mass is 372 g/mol. The van der Waals surface area contributed by atoms with Gasteiger partial charge >= 0.3 is 0 Å². The molecular formula is C18H26Cl2N2S. The molecule has 0 aromatic heterocycles. The molecule has 1 saturated heterocycles. The van der Waals surface area contributed by atoms with E-state index in [0.29, 0.717) is 28.0 Å². The van der Waals surface area contributed by atoms with Gasteiger partial charge in [-0.25, -0.2) is 4.99 Å². The van der Waals surface area contributed by atoms with Gasteiger partial charge in [-0.1, -0.05) is 68.7 Å². The topological polar surface area (TPSA) is 15.6 Å². The van der Waals surface area contributed by atoms with E-state index in [2.05, 4.69) is 32.6 Å². The predicted molar refractivity (Wildman–Crippen MR) is 105 cm³/mol. The lowest BCUT2D eigenvalue weighted by molar-refractivity contribution is 0.226. The van der Waals surface area contributed by atoms with Crippen molar-refractivity contribution in [3.05, 3.63) is 28.2 Å². The molecule has 0 N–H and O–H groups in total. The third kappa shape index (κ3) is 4.58. The second-order valence-corrected chi connectivity index (χ2v) is 8.21. The highest BCUT2D eigenvalue weighted by Crippen LogP contribution is 2.37. The molecule has 2 rings (SSSR count). The Labute approximate surface area is 154 Å². The van der Waals surface area contributed by atoms with Crippen molar-refractivity contribution in [1.82, 2.24) is 4.90 Å². The smallest absolute Gasteiger partial charge is 0.165 e. The molecule has 5 heteroatoms. The van der Waals surface area contributed by atoms with Crippen molar-refractivity contribution in [2.75, 3.05) is 5.75 Å². The van der Waals surface area contributed by atoms with Gasteiger partial charge in [0.15, 0.2) is 5.17 Å². The number of benzene rings is 1. The van der Waals surface area contributed by atoms with Crippen LogP contribution in [0, 0.1) is 5.92 Å². The molecule has 1 fully saturated rings. The lowest BCUT2D eigenvalue weighted by atomic mass is 10.0. The molecule has 1 aromatic carbocycles. The summed E-state index contributed by atoms with van der Waals surface area (Å²) in [6.45, 7) is 9.10. The van der Waals surface area contributed by atoms with Crippen molar-refractivity contribution >= 4 is 45.8 Å². The summed E-state index contributed by atoms with van der Waals surface area (Å²) in [7, 11) is 0. The second-order valence-electron chi connectivity index (χ2n) is 6.44. The van der Waals surface area contributed by atoms with E-state index in [1.165, 1.54) is 6.42 Å². The maximum Gasteiger partial charge on any atom is 0.165 e. The van der Waals surface area contributed by atoms with Crippen LogP contribution < -0.4 is 0 Å². The van der Waals surface area contributed by atoms with Crippen molar-refractivity contribution in [2.45, 2.75) is 59.0 Å². The largest absolute Gasteiger partial charge is 0.344 e. The SMILES string of the molecule is CCC(CC)N1C(=Nc2cccc(Cl)c2Cl)SCC1CC(C)C. The molecule has 0 saturated carbocycles. The maximum atomic E-state index is 6.32. The van der Waals surface area contributed by atoms with Crippen LogP contribution in [0.2, 0.25) is 10.0 Å². The van der Waals surface area contributed by atoms with E-state index in [4.69, 9.17) is 28.2 Å². The summed E-state index contributed by atoms with van der Waals surface area (Å²) in [6, 6.07) is 6.73. The van der Waals surface area contributed by atoms with Gasteiger partial charge in [-0.15, -0.1) is 0 Å². The summed E-state index contributed by atoms with van der Waals surface area (Å²) in [4.78, 5) is 7.39. The van der Waals surface area contributed by atoms with Gasteiger partial charge in [0.25, 0.3) is 0 Å². The van der Waals surface area contributed by atoms with Crippen LogP contribution in [0.3, 0.4) is 0 Å². The lowest BCUT2D eigenvalue weighted by Crippen LogP contribution is -2.42. The van der Waals surface area contributed by atoms with Crippen LogP contribution in [0.1, 0.15) is 47.0 Å². The number of nitrogens with zero attached hydrogens (tertiary/aromatic N) is 2. The van der Waals surface area contributed by atoms with Crippen molar-refractivity contribution in [2.24, 2.45) is 10.9 Å². The summed E-state index contributed by atoms with van der Waals surface area (Å²) in [5.74, 6) is 1.79. The van der Waals surface area contributed by atoms with E-state index in [-0.39, 0.29) is 0 Å². The Bertz CT molecular complexity index is 556. The first-order chi connectivity index (χ1) is 11.0. The molecule has 1 aliphatic rings. The zero-order valence-electron chi connectivity index (χ0n) is 14.4. The van der Waals surface area contributed by atoms with Gasteiger partial charge in [0.1, 0.15) is 0 Å². The summed E-state index contributed by atoms with van der Waals surface area (Å²) in [5, 5.41) is 2.19. The Kier molecular flexibility index (Phi) is 7.12. The van der Waals surface area contributed by atoms with Crippen LogP contribution in [-0.2, 0) is 0 Å². The first-order valence-electron chi connectivity index (χ1n) is 8.41. The number of rotatable bonds is 6. The molecule has 2 nitrogen and oxygen atoms in total. The van der Waals surface area contributed by atoms with Gasteiger partial charge < -0.3 is 4.90 Å². The molecule has 0 aliphatic carbocycles. The van der Waals surface area contributed by atoms with Crippen molar-refractivity contribution in [1.29, 1.82) is 0 Å². The summed E-state index contributed by atoms with van der Waals surface area (Å²) in [5.41, 5.74) is 0.766. The van der Waals surface area contributed by atoms with E-state index in [0.717, 1.165) is 29.4 Å². The average Bonchev–Trinajstić information content (AvgIpc) is 2.88. The Morgan fingerprint density at radius 2 is 1.96 bits per heavy atom. The van der Waals surface area contributed by atoms with E-state index in [1.807, 2.05) is 23.9 Å². The minimum absolute atomic E-state index is 0.533. The summed E-state index contributed by atoms with van der Waals surface area (Å²) in [6.07, 6.45) is 3.47. The van der Waals surface area contributed by atoms with Gasteiger partial charge in [0.05, 0.1) is 15.7 Å². The van der Waals surface area contributed by atoms with Crippen LogP contribution in [-0.4, -0.2) is 27.9 Å². The summed E-state index contributed by atoms with van der Waals surface area (Å²) >= 11 is 14.3. The number of halogens is 2. The minimum atomic E-state index is 0.533. The van der Waals surface area contributed by atoms with Crippen molar-refractivity contribution < 1.29 is 0 Å². The quantitative estimate of drug-likeness (QED) is 0.556. The van der Waals surface area contributed by atoms with Gasteiger partial charge in [0, 0.05) is 17.8 Å². The predicted octanol–water partition coefficient (Wildman–Crippen LogP) is 6.63.